The van der Waals surface area contributed by atoms with Crippen molar-refractivity contribution >= 4 is 16.3 Å². The van der Waals surface area contributed by atoms with Crippen molar-refractivity contribution in [3.8, 4) is 0 Å². The van der Waals surface area contributed by atoms with E-state index in [0.717, 1.165) is 50.0 Å². The molecule has 1 nitrogen and oxygen atoms in total. The summed E-state index contributed by atoms with van der Waals surface area (Å²) < 4.78 is 38.2. The van der Waals surface area contributed by atoms with Crippen molar-refractivity contribution in [1.82, 2.24) is 4.90 Å². The molecule has 150 valence electrons. The molecule has 1 aliphatic rings. The van der Waals surface area contributed by atoms with Crippen LogP contribution < -0.4 is 0 Å². The standard InChI is InChI=1S/C25H24F3N/c26-25(27,28)23-12-10-19(11-13-23)20-14-17-29(18-15-20)16-4-8-22-7-3-6-21-5-1-2-9-24(21)22/h1-3,5-7,9-14H,4,8,15-18H2. The maximum Gasteiger partial charge on any atom is 0.416 e. The predicted molar refractivity (Wildman–Crippen MR) is 113 cm³/mol. The molecule has 3 aromatic carbocycles. The average molecular weight is 395 g/mol. The van der Waals surface area contributed by atoms with Gasteiger partial charge in [0.2, 0.25) is 0 Å². The van der Waals surface area contributed by atoms with Crippen molar-refractivity contribution in [1.29, 1.82) is 0 Å². The molecular formula is C25H24F3N. The van der Waals surface area contributed by atoms with E-state index in [1.165, 1.54) is 28.5 Å². The van der Waals surface area contributed by atoms with E-state index >= 15 is 0 Å². The van der Waals surface area contributed by atoms with Gasteiger partial charge in [0, 0.05) is 13.1 Å². The fraction of sp³-hybridized carbons (Fsp3) is 0.280. The number of aryl methyl sites for hydroxylation is 1. The van der Waals surface area contributed by atoms with Crippen molar-refractivity contribution in [2.75, 3.05) is 19.6 Å². The summed E-state index contributed by atoms with van der Waals surface area (Å²) in [6.45, 7) is 2.83. The van der Waals surface area contributed by atoms with Gasteiger partial charge in [0.05, 0.1) is 5.56 Å². The van der Waals surface area contributed by atoms with Crippen molar-refractivity contribution in [3.63, 3.8) is 0 Å². The Labute approximate surface area is 169 Å². The number of fused-ring (bicyclic) bond motifs is 1. The molecule has 0 unspecified atom stereocenters. The summed E-state index contributed by atoms with van der Waals surface area (Å²) in [6.07, 6.45) is 0.898. The molecule has 1 aliphatic heterocycles. The number of rotatable bonds is 5. The van der Waals surface area contributed by atoms with E-state index in [0.29, 0.717) is 0 Å². The Hall–Kier alpha value is -2.59. The van der Waals surface area contributed by atoms with Gasteiger partial charge in [-0.25, -0.2) is 0 Å². The van der Waals surface area contributed by atoms with Crippen LogP contribution in [0.4, 0.5) is 13.2 Å². The lowest BCUT2D eigenvalue weighted by Gasteiger charge is -2.26. The van der Waals surface area contributed by atoms with Gasteiger partial charge in [-0.05, 0) is 65.4 Å². The van der Waals surface area contributed by atoms with Gasteiger partial charge in [-0.3, -0.25) is 4.90 Å². The van der Waals surface area contributed by atoms with Gasteiger partial charge in [-0.1, -0.05) is 60.7 Å². The van der Waals surface area contributed by atoms with Crippen LogP contribution in [0, 0.1) is 0 Å². The van der Waals surface area contributed by atoms with Crippen molar-refractivity contribution in [2.45, 2.75) is 25.4 Å². The summed E-state index contributed by atoms with van der Waals surface area (Å²) >= 11 is 0. The molecule has 0 N–H and O–H groups in total. The highest BCUT2D eigenvalue weighted by Gasteiger charge is 2.30. The van der Waals surface area contributed by atoms with E-state index in [2.05, 4.69) is 53.4 Å². The minimum absolute atomic E-state index is 0.590. The largest absolute Gasteiger partial charge is 0.416 e. The first kappa shape index (κ1) is 19.7. The molecule has 0 bridgehead atoms. The smallest absolute Gasteiger partial charge is 0.299 e. The Kier molecular flexibility index (Phi) is 5.72. The zero-order valence-corrected chi connectivity index (χ0v) is 16.3. The van der Waals surface area contributed by atoms with E-state index in [4.69, 9.17) is 0 Å². The van der Waals surface area contributed by atoms with Gasteiger partial charge < -0.3 is 0 Å². The monoisotopic (exact) mass is 395 g/mol. The van der Waals surface area contributed by atoms with Gasteiger partial charge in [0.25, 0.3) is 0 Å². The lowest BCUT2D eigenvalue weighted by Crippen LogP contribution is -2.29. The summed E-state index contributed by atoms with van der Waals surface area (Å²) in [7, 11) is 0. The zero-order valence-electron chi connectivity index (χ0n) is 16.3. The lowest BCUT2D eigenvalue weighted by molar-refractivity contribution is -0.137. The first-order valence-corrected chi connectivity index (χ1v) is 10.1. The van der Waals surface area contributed by atoms with E-state index in [1.54, 1.807) is 12.1 Å². The summed E-state index contributed by atoms with van der Waals surface area (Å²) in [5, 5.41) is 2.62. The zero-order chi connectivity index (χ0) is 20.3. The Morgan fingerprint density at radius 2 is 1.62 bits per heavy atom. The van der Waals surface area contributed by atoms with Crippen LogP contribution in [-0.4, -0.2) is 24.5 Å². The Bertz CT molecular complexity index is 997. The summed E-state index contributed by atoms with van der Waals surface area (Å²) in [4.78, 5) is 2.42. The number of benzene rings is 3. The normalized spacial score (nSPS) is 15.5. The SMILES string of the molecule is FC(F)(F)c1ccc(C2=CCN(CCCc3cccc4ccccc34)CC2)cc1. The third kappa shape index (κ3) is 4.70. The third-order valence-corrected chi connectivity index (χ3v) is 5.68. The van der Waals surface area contributed by atoms with Crippen LogP contribution in [0.1, 0.15) is 29.5 Å². The predicted octanol–water partition coefficient (Wildman–Crippen LogP) is 6.58. The topological polar surface area (TPSA) is 3.24 Å². The van der Waals surface area contributed by atoms with Crippen LogP contribution in [0.25, 0.3) is 16.3 Å². The summed E-state index contributed by atoms with van der Waals surface area (Å²) in [5.74, 6) is 0. The highest BCUT2D eigenvalue weighted by atomic mass is 19.4. The molecule has 0 amide bonds. The van der Waals surface area contributed by atoms with E-state index in [1.807, 2.05) is 0 Å². The minimum atomic E-state index is -4.28. The van der Waals surface area contributed by atoms with E-state index in [9.17, 15) is 13.2 Å². The molecule has 0 spiro atoms. The highest BCUT2D eigenvalue weighted by Crippen LogP contribution is 2.31. The van der Waals surface area contributed by atoms with Crippen LogP contribution in [-0.2, 0) is 12.6 Å². The second-order valence-corrected chi connectivity index (χ2v) is 7.60. The number of halogens is 3. The Morgan fingerprint density at radius 1 is 0.862 bits per heavy atom. The molecule has 4 rings (SSSR count). The molecule has 0 saturated heterocycles. The molecule has 29 heavy (non-hydrogen) atoms. The second kappa shape index (κ2) is 8.42. The Morgan fingerprint density at radius 3 is 2.34 bits per heavy atom. The molecule has 4 heteroatoms. The van der Waals surface area contributed by atoms with Crippen LogP contribution in [0.2, 0.25) is 0 Å². The third-order valence-electron chi connectivity index (χ3n) is 5.68. The van der Waals surface area contributed by atoms with Gasteiger partial charge in [-0.15, -0.1) is 0 Å². The molecule has 0 atom stereocenters. The van der Waals surface area contributed by atoms with Gasteiger partial charge in [0.15, 0.2) is 0 Å². The first-order chi connectivity index (χ1) is 14.0. The molecule has 0 radical (unpaired) electrons. The summed E-state index contributed by atoms with van der Waals surface area (Å²) in [6, 6.07) is 20.5. The fourth-order valence-corrected chi connectivity index (χ4v) is 4.05. The van der Waals surface area contributed by atoms with Crippen molar-refractivity contribution in [3.05, 3.63) is 89.5 Å². The molecule has 3 aromatic rings. The lowest BCUT2D eigenvalue weighted by atomic mass is 9.97. The second-order valence-electron chi connectivity index (χ2n) is 7.60. The molecular weight excluding hydrogens is 371 g/mol. The maximum absolute atomic E-state index is 12.7. The molecule has 0 aliphatic carbocycles. The number of nitrogens with zero attached hydrogens (tertiary/aromatic N) is 1. The van der Waals surface area contributed by atoms with Crippen LogP contribution in [0.3, 0.4) is 0 Å². The number of alkyl halides is 3. The van der Waals surface area contributed by atoms with E-state index in [-0.39, 0.29) is 0 Å². The maximum atomic E-state index is 12.7. The average Bonchev–Trinajstić information content (AvgIpc) is 2.74. The van der Waals surface area contributed by atoms with Crippen molar-refractivity contribution < 1.29 is 13.2 Å². The van der Waals surface area contributed by atoms with Crippen molar-refractivity contribution in [2.24, 2.45) is 0 Å². The number of hydrogen-bond donors (Lipinski definition) is 0. The summed E-state index contributed by atoms with van der Waals surface area (Å²) in [5.41, 5.74) is 2.84. The fourth-order valence-electron chi connectivity index (χ4n) is 4.05. The van der Waals surface area contributed by atoms with Crippen LogP contribution in [0.5, 0.6) is 0 Å². The Balaban J connectivity index is 1.32. The first-order valence-electron chi connectivity index (χ1n) is 10.1. The van der Waals surface area contributed by atoms with Gasteiger partial charge >= 0.3 is 6.18 Å². The van der Waals surface area contributed by atoms with Crippen LogP contribution >= 0.6 is 0 Å². The number of hydrogen-bond acceptors (Lipinski definition) is 1. The van der Waals surface area contributed by atoms with Gasteiger partial charge in [-0.2, -0.15) is 13.2 Å². The highest BCUT2D eigenvalue weighted by molar-refractivity contribution is 5.85. The van der Waals surface area contributed by atoms with E-state index < -0.39 is 11.7 Å². The quantitative estimate of drug-likeness (QED) is 0.472. The molecule has 0 aromatic heterocycles. The van der Waals surface area contributed by atoms with Crippen LogP contribution in [0.15, 0.2) is 72.8 Å². The molecule has 0 saturated carbocycles. The van der Waals surface area contributed by atoms with Gasteiger partial charge in [0.1, 0.15) is 0 Å². The molecule has 0 fully saturated rings. The molecule has 1 heterocycles. The minimum Gasteiger partial charge on any atom is -0.299 e.